The summed E-state index contributed by atoms with van der Waals surface area (Å²) in [6.45, 7) is 5.06. The van der Waals surface area contributed by atoms with Crippen molar-refractivity contribution >= 4 is 49.0 Å². The van der Waals surface area contributed by atoms with Crippen LogP contribution in [0.5, 0.6) is 0 Å². The Labute approximate surface area is 201 Å². The van der Waals surface area contributed by atoms with E-state index >= 15 is 0 Å². The van der Waals surface area contributed by atoms with E-state index in [1.807, 2.05) is 38.1 Å². The van der Waals surface area contributed by atoms with Crippen molar-refractivity contribution in [3.8, 4) is 0 Å². The van der Waals surface area contributed by atoms with Crippen LogP contribution in [0.25, 0.3) is 0 Å². The zero-order valence-corrected chi connectivity index (χ0v) is 20.0. The number of nitrogens with one attached hydrogen (secondary N) is 3. The number of amides is 2. The van der Waals surface area contributed by atoms with Gasteiger partial charge in [-0.05, 0) is 50.1 Å². The van der Waals surface area contributed by atoms with E-state index in [0.717, 1.165) is 17.7 Å². The molecule has 0 radical (unpaired) electrons. The number of nitrogens with zero attached hydrogens (tertiary/aromatic N) is 2. The number of pyridine rings is 2. The molecule has 172 valence electrons. The van der Waals surface area contributed by atoms with Gasteiger partial charge >= 0.3 is 0 Å². The first-order valence-corrected chi connectivity index (χ1v) is 9.61. The fourth-order valence-electron chi connectivity index (χ4n) is 3.55. The summed E-state index contributed by atoms with van der Waals surface area (Å²) in [6, 6.07) is 7.21. The molecular weight excluding hydrogens is 461 g/mol. The Morgan fingerprint density at radius 3 is 2.00 bits per heavy atom. The molecule has 2 aromatic heterocycles. The van der Waals surface area contributed by atoms with Crippen LogP contribution in [0.3, 0.4) is 0 Å². The van der Waals surface area contributed by atoms with Gasteiger partial charge in [-0.25, -0.2) is 0 Å². The van der Waals surface area contributed by atoms with Gasteiger partial charge in [-0.1, -0.05) is 12.1 Å². The third-order valence-electron chi connectivity index (χ3n) is 5.32. The van der Waals surface area contributed by atoms with E-state index in [0.29, 0.717) is 13.0 Å². The lowest BCUT2D eigenvalue weighted by molar-refractivity contribution is -0.136. The molecule has 3 rings (SSSR count). The van der Waals surface area contributed by atoms with Crippen molar-refractivity contribution in [2.45, 2.75) is 38.8 Å². The second kappa shape index (κ2) is 13.5. The first-order chi connectivity index (χ1) is 13.5. The number of carbonyl (C=O) groups is 2. The summed E-state index contributed by atoms with van der Waals surface area (Å²) >= 11 is 0. The normalized spacial score (nSPS) is 18.9. The summed E-state index contributed by atoms with van der Waals surface area (Å²) in [7, 11) is 0. The molecule has 0 spiro atoms. The average molecular weight is 491 g/mol. The number of hydrogen-bond donors (Lipinski definition) is 3. The van der Waals surface area contributed by atoms with Crippen LogP contribution < -0.4 is 16.0 Å². The van der Waals surface area contributed by atoms with Gasteiger partial charge in [-0.2, -0.15) is 0 Å². The summed E-state index contributed by atoms with van der Waals surface area (Å²) in [4.78, 5) is 34.0. The van der Waals surface area contributed by atoms with Crippen LogP contribution >= 0.6 is 37.2 Å². The minimum Gasteiger partial charge on any atom is -0.349 e. The van der Waals surface area contributed by atoms with Gasteiger partial charge in [0.15, 0.2) is 0 Å². The molecule has 0 aliphatic carbocycles. The van der Waals surface area contributed by atoms with Crippen LogP contribution in [0.15, 0.2) is 49.1 Å². The smallest absolute Gasteiger partial charge is 0.228 e. The highest BCUT2D eigenvalue weighted by Gasteiger charge is 2.43. The van der Waals surface area contributed by atoms with Crippen LogP contribution in [-0.4, -0.2) is 34.9 Å². The Morgan fingerprint density at radius 1 is 1.00 bits per heavy atom. The van der Waals surface area contributed by atoms with Gasteiger partial charge in [-0.15, -0.1) is 37.2 Å². The van der Waals surface area contributed by atoms with Gasteiger partial charge in [0, 0.05) is 37.8 Å². The minimum atomic E-state index is -0.741. The molecule has 3 N–H and O–H groups in total. The van der Waals surface area contributed by atoms with Crippen molar-refractivity contribution in [1.82, 2.24) is 25.9 Å². The van der Waals surface area contributed by atoms with Crippen LogP contribution in [0, 0.1) is 5.41 Å². The molecule has 2 amide bonds. The molecule has 3 heterocycles. The Hall–Kier alpha value is -1.93. The third-order valence-corrected chi connectivity index (χ3v) is 5.32. The molecule has 3 atom stereocenters. The van der Waals surface area contributed by atoms with E-state index in [4.69, 9.17) is 0 Å². The maximum atomic E-state index is 13.1. The first kappa shape index (κ1) is 29.1. The van der Waals surface area contributed by atoms with Crippen LogP contribution in [0.4, 0.5) is 0 Å². The summed E-state index contributed by atoms with van der Waals surface area (Å²) < 4.78 is 0. The Kier molecular flexibility index (Phi) is 12.6. The monoisotopic (exact) mass is 489 g/mol. The SMILES string of the molecule is C[C@H](NC(=O)CC1(C(=O)N[C@@H](C)c2cccnc2)CCNC1)c1cccnc1.Cl.Cl.Cl. The van der Waals surface area contributed by atoms with Gasteiger partial charge in [-0.3, -0.25) is 19.6 Å². The summed E-state index contributed by atoms with van der Waals surface area (Å²) in [6.07, 6.45) is 7.66. The molecule has 1 saturated heterocycles. The molecule has 31 heavy (non-hydrogen) atoms. The highest BCUT2D eigenvalue weighted by molar-refractivity contribution is 5.90. The van der Waals surface area contributed by atoms with E-state index < -0.39 is 5.41 Å². The molecular formula is C21H30Cl3N5O2. The number of halogens is 3. The van der Waals surface area contributed by atoms with Crippen molar-refractivity contribution in [1.29, 1.82) is 0 Å². The predicted molar refractivity (Wildman–Crippen MR) is 128 cm³/mol. The van der Waals surface area contributed by atoms with E-state index in [9.17, 15) is 9.59 Å². The molecule has 10 heteroatoms. The lowest BCUT2D eigenvalue weighted by Crippen LogP contribution is -2.46. The number of aromatic nitrogens is 2. The zero-order chi connectivity index (χ0) is 20.0. The molecule has 0 aromatic carbocycles. The Bertz CT molecular complexity index is 805. The van der Waals surface area contributed by atoms with E-state index in [1.165, 1.54) is 0 Å². The summed E-state index contributed by atoms with van der Waals surface area (Å²) in [5.74, 6) is -0.234. The number of hydrogen-bond acceptors (Lipinski definition) is 5. The molecule has 1 aliphatic heterocycles. The fourth-order valence-corrected chi connectivity index (χ4v) is 3.55. The van der Waals surface area contributed by atoms with E-state index in [-0.39, 0.29) is 67.5 Å². The Morgan fingerprint density at radius 2 is 1.55 bits per heavy atom. The van der Waals surface area contributed by atoms with Crippen molar-refractivity contribution in [2.75, 3.05) is 13.1 Å². The maximum Gasteiger partial charge on any atom is 0.228 e. The molecule has 7 nitrogen and oxygen atoms in total. The zero-order valence-electron chi connectivity index (χ0n) is 17.5. The fraction of sp³-hybridized carbons (Fsp3) is 0.429. The van der Waals surface area contributed by atoms with Crippen molar-refractivity contribution in [3.05, 3.63) is 60.2 Å². The van der Waals surface area contributed by atoms with Crippen molar-refractivity contribution < 1.29 is 9.59 Å². The summed E-state index contributed by atoms with van der Waals surface area (Å²) in [5, 5.41) is 9.29. The number of rotatable bonds is 7. The largest absolute Gasteiger partial charge is 0.349 e. The average Bonchev–Trinajstić information content (AvgIpc) is 3.18. The molecule has 0 bridgehead atoms. The molecule has 1 aliphatic rings. The van der Waals surface area contributed by atoms with Gasteiger partial charge in [0.1, 0.15) is 0 Å². The maximum absolute atomic E-state index is 13.1. The van der Waals surface area contributed by atoms with Crippen LogP contribution in [-0.2, 0) is 9.59 Å². The summed E-state index contributed by atoms with van der Waals surface area (Å²) in [5.41, 5.74) is 1.13. The van der Waals surface area contributed by atoms with Gasteiger partial charge in [0.2, 0.25) is 11.8 Å². The molecule has 1 unspecified atom stereocenters. The standard InChI is InChI=1S/C21H27N5O2.3ClH/c1-15(17-5-3-8-22-12-17)25-19(27)11-21(7-10-24-14-21)20(28)26-16(2)18-6-4-9-23-13-18;;;/h3-6,8-9,12-13,15-16,24H,7,10-11,14H2,1-2H3,(H,25,27)(H,26,28);3*1H/t15-,16-,21?;;;/m0.../s1. The molecule has 0 saturated carbocycles. The van der Waals surface area contributed by atoms with Gasteiger partial charge < -0.3 is 16.0 Å². The van der Waals surface area contributed by atoms with Crippen molar-refractivity contribution in [2.24, 2.45) is 5.41 Å². The highest BCUT2D eigenvalue weighted by atomic mass is 35.5. The van der Waals surface area contributed by atoms with Crippen molar-refractivity contribution in [3.63, 3.8) is 0 Å². The lowest BCUT2D eigenvalue weighted by Gasteiger charge is -2.29. The Balaban J connectivity index is 0.00000300. The number of carbonyl (C=O) groups excluding carboxylic acids is 2. The van der Waals surface area contributed by atoms with Crippen LogP contribution in [0.2, 0.25) is 0 Å². The van der Waals surface area contributed by atoms with Gasteiger partial charge in [0.25, 0.3) is 0 Å². The second-order valence-corrected chi connectivity index (χ2v) is 7.44. The topological polar surface area (TPSA) is 96.0 Å². The predicted octanol–water partition coefficient (Wildman–Crippen LogP) is 3.17. The first-order valence-electron chi connectivity index (χ1n) is 9.61. The third kappa shape index (κ3) is 7.61. The van der Waals surface area contributed by atoms with Gasteiger partial charge in [0.05, 0.1) is 17.5 Å². The quantitative estimate of drug-likeness (QED) is 0.554. The molecule has 2 aromatic rings. The molecule has 1 fully saturated rings. The van der Waals surface area contributed by atoms with Crippen LogP contribution in [0.1, 0.15) is 49.9 Å². The second-order valence-electron chi connectivity index (χ2n) is 7.44. The lowest BCUT2D eigenvalue weighted by atomic mass is 9.81. The van der Waals surface area contributed by atoms with E-state index in [2.05, 4.69) is 25.9 Å². The minimum absolute atomic E-state index is 0. The highest BCUT2D eigenvalue weighted by Crippen LogP contribution is 2.31. The van der Waals surface area contributed by atoms with E-state index in [1.54, 1.807) is 24.8 Å².